The quantitative estimate of drug-likeness (QED) is 0.852. The summed E-state index contributed by atoms with van der Waals surface area (Å²) < 4.78 is 14.4. The van der Waals surface area contributed by atoms with E-state index in [0.29, 0.717) is 5.56 Å². The van der Waals surface area contributed by atoms with E-state index in [1.54, 1.807) is 35.3 Å². The molecule has 0 aliphatic rings. The van der Waals surface area contributed by atoms with Crippen molar-refractivity contribution < 1.29 is 9.50 Å². The molecule has 16 heavy (non-hydrogen) atoms. The van der Waals surface area contributed by atoms with Crippen molar-refractivity contribution in [3.05, 3.63) is 48.3 Å². The highest BCUT2D eigenvalue weighted by atomic mass is 19.1. The Kier molecular flexibility index (Phi) is 3.07. The maximum absolute atomic E-state index is 12.8. The van der Waals surface area contributed by atoms with Crippen LogP contribution in [0.3, 0.4) is 0 Å². The summed E-state index contributed by atoms with van der Waals surface area (Å²) in [7, 11) is 0. The summed E-state index contributed by atoms with van der Waals surface area (Å²) in [5.74, 6) is -0.562. The number of nitrogens with zero attached hydrogens (tertiary/aromatic N) is 3. The Hall–Kier alpha value is -2.01. The Morgan fingerprint density at radius 2 is 2.12 bits per heavy atom. The van der Waals surface area contributed by atoms with E-state index in [2.05, 4.69) is 10.1 Å². The second kappa shape index (κ2) is 4.67. The molecule has 0 atom stereocenters. The molecule has 0 spiro atoms. The van der Waals surface area contributed by atoms with E-state index in [1.807, 2.05) is 0 Å². The normalized spacial score (nSPS) is 11.8. The Morgan fingerprint density at radius 3 is 2.69 bits per heavy atom. The standard InChI is InChI=1S/C11H10FN3O/c12-10(6-16)5-9-1-3-11(4-2-9)15-8-13-7-14-15/h1-5,7-8,16H,6H2. The first kappa shape index (κ1) is 10.5. The molecule has 0 radical (unpaired) electrons. The minimum Gasteiger partial charge on any atom is -0.389 e. The number of hydrogen-bond acceptors (Lipinski definition) is 3. The van der Waals surface area contributed by atoms with Gasteiger partial charge in [-0.2, -0.15) is 5.10 Å². The average molecular weight is 219 g/mol. The minimum atomic E-state index is -0.579. The average Bonchev–Trinajstić information content (AvgIpc) is 2.83. The lowest BCUT2D eigenvalue weighted by atomic mass is 10.2. The van der Waals surface area contributed by atoms with Crippen molar-refractivity contribution in [3.8, 4) is 5.69 Å². The zero-order valence-electron chi connectivity index (χ0n) is 8.42. The summed E-state index contributed by atoms with van der Waals surface area (Å²) in [6.07, 6.45) is 4.31. The first-order chi connectivity index (χ1) is 7.79. The van der Waals surface area contributed by atoms with Crippen LogP contribution in [0.25, 0.3) is 11.8 Å². The van der Waals surface area contributed by atoms with E-state index >= 15 is 0 Å². The number of rotatable bonds is 3. The summed E-state index contributed by atoms with van der Waals surface area (Å²) in [6.45, 7) is -0.579. The van der Waals surface area contributed by atoms with Gasteiger partial charge in [0.15, 0.2) is 0 Å². The van der Waals surface area contributed by atoms with Crippen molar-refractivity contribution in [3.63, 3.8) is 0 Å². The molecule has 0 saturated heterocycles. The van der Waals surface area contributed by atoms with E-state index in [4.69, 9.17) is 5.11 Å². The molecule has 0 bridgehead atoms. The summed E-state index contributed by atoms with van der Waals surface area (Å²) in [6, 6.07) is 7.08. The van der Waals surface area contributed by atoms with Crippen LogP contribution in [0, 0.1) is 0 Å². The summed E-state index contributed by atoms with van der Waals surface area (Å²) in [5.41, 5.74) is 1.54. The molecule has 0 fully saturated rings. The number of aromatic nitrogens is 3. The molecule has 0 saturated carbocycles. The highest BCUT2D eigenvalue weighted by Crippen LogP contribution is 2.11. The minimum absolute atomic E-state index is 0.562. The van der Waals surface area contributed by atoms with Crippen molar-refractivity contribution in [2.24, 2.45) is 0 Å². The first-order valence-electron chi connectivity index (χ1n) is 4.71. The fourth-order valence-corrected chi connectivity index (χ4v) is 1.29. The molecule has 5 heteroatoms. The van der Waals surface area contributed by atoms with Crippen LogP contribution in [0.4, 0.5) is 4.39 Å². The van der Waals surface area contributed by atoms with Crippen LogP contribution >= 0.6 is 0 Å². The molecule has 1 heterocycles. The monoisotopic (exact) mass is 219 g/mol. The van der Waals surface area contributed by atoms with Crippen molar-refractivity contribution in [1.29, 1.82) is 0 Å². The zero-order chi connectivity index (χ0) is 11.4. The van der Waals surface area contributed by atoms with Crippen LogP contribution in [0.5, 0.6) is 0 Å². The van der Waals surface area contributed by atoms with Crippen molar-refractivity contribution >= 4 is 6.08 Å². The van der Waals surface area contributed by atoms with Crippen LogP contribution in [0.1, 0.15) is 5.56 Å². The van der Waals surface area contributed by atoms with Gasteiger partial charge in [0.25, 0.3) is 0 Å². The molecule has 82 valence electrons. The third-order valence-corrected chi connectivity index (χ3v) is 2.05. The largest absolute Gasteiger partial charge is 0.389 e. The second-order valence-electron chi connectivity index (χ2n) is 3.18. The predicted octanol–water partition coefficient (Wildman–Crippen LogP) is 1.57. The van der Waals surface area contributed by atoms with Gasteiger partial charge in [-0.3, -0.25) is 0 Å². The number of benzene rings is 1. The molecule has 0 aliphatic heterocycles. The van der Waals surface area contributed by atoms with Gasteiger partial charge in [-0.15, -0.1) is 0 Å². The fourth-order valence-electron chi connectivity index (χ4n) is 1.29. The molecule has 2 rings (SSSR count). The van der Waals surface area contributed by atoms with Gasteiger partial charge < -0.3 is 5.11 Å². The van der Waals surface area contributed by atoms with E-state index in [1.165, 1.54) is 12.4 Å². The molecular formula is C11H10FN3O. The van der Waals surface area contributed by atoms with Crippen LogP contribution < -0.4 is 0 Å². The van der Waals surface area contributed by atoms with Gasteiger partial charge in [0.2, 0.25) is 0 Å². The number of aliphatic hydroxyl groups is 1. The number of aliphatic hydroxyl groups excluding tert-OH is 1. The van der Waals surface area contributed by atoms with Crippen LogP contribution in [0.15, 0.2) is 42.7 Å². The third kappa shape index (κ3) is 2.32. The molecule has 2 aromatic rings. The topological polar surface area (TPSA) is 50.9 Å². The first-order valence-corrected chi connectivity index (χ1v) is 4.71. The molecule has 0 aliphatic carbocycles. The summed E-state index contributed by atoms with van der Waals surface area (Å²) >= 11 is 0. The summed E-state index contributed by atoms with van der Waals surface area (Å²) in [4.78, 5) is 3.83. The lowest BCUT2D eigenvalue weighted by molar-refractivity contribution is 0.300. The maximum Gasteiger partial charge on any atom is 0.138 e. The SMILES string of the molecule is OCC(F)=Cc1ccc(-n2cncn2)cc1. The van der Waals surface area contributed by atoms with Crippen LogP contribution in [-0.2, 0) is 0 Å². The molecule has 4 nitrogen and oxygen atoms in total. The molecule has 1 N–H and O–H groups in total. The van der Waals surface area contributed by atoms with Gasteiger partial charge in [0.05, 0.1) is 12.3 Å². The van der Waals surface area contributed by atoms with Gasteiger partial charge in [0.1, 0.15) is 18.5 Å². The Bertz CT molecular complexity index is 476. The van der Waals surface area contributed by atoms with Gasteiger partial charge in [-0.05, 0) is 23.8 Å². The molecule has 0 amide bonds. The Balaban J connectivity index is 2.23. The van der Waals surface area contributed by atoms with Gasteiger partial charge in [0, 0.05) is 0 Å². The molecule has 1 aromatic carbocycles. The fraction of sp³-hybridized carbons (Fsp3) is 0.0909. The van der Waals surface area contributed by atoms with E-state index in [9.17, 15) is 4.39 Å². The second-order valence-corrected chi connectivity index (χ2v) is 3.18. The van der Waals surface area contributed by atoms with Gasteiger partial charge in [-0.1, -0.05) is 12.1 Å². The van der Waals surface area contributed by atoms with Crippen LogP contribution in [0.2, 0.25) is 0 Å². The van der Waals surface area contributed by atoms with Crippen molar-refractivity contribution in [1.82, 2.24) is 14.8 Å². The highest BCUT2D eigenvalue weighted by Gasteiger charge is 1.97. The Labute approximate surface area is 91.7 Å². The van der Waals surface area contributed by atoms with E-state index < -0.39 is 12.4 Å². The Morgan fingerprint density at radius 1 is 1.38 bits per heavy atom. The van der Waals surface area contributed by atoms with Gasteiger partial charge >= 0.3 is 0 Å². The molecule has 1 aromatic heterocycles. The number of halogens is 1. The maximum atomic E-state index is 12.8. The van der Waals surface area contributed by atoms with Gasteiger partial charge in [-0.25, -0.2) is 14.1 Å². The predicted molar refractivity (Wildman–Crippen MR) is 57.5 cm³/mol. The number of hydrogen-bond donors (Lipinski definition) is 1. The van der Waals surface area contributed by atoms with E-state index in [0.717, 1.165) is 5.69 Å². The zero-order valence-corrected chi connectivity index (χ0v) is 8.42. The van der Waals surface area contributed by atoms with Crippen molar-refractivity contribution in [2.75, 3.05) is 6.61 Å². The molecule has 0 unspecified atom stereocenters. The van der Waals surface area contributed by atoms with E-state index in [-0.39, 0.29) is 0 Å². The molecular weight excluding hydrogens is 209 g/mol. The smallest absolute Gasteiger partial charge is 0.138 e. The lowest BCUT2D eigenvalue weighted by Crippen LogP contribution is -1.93. The van der Waals surface area contributed by atoms with Crippen LogP contribution in [-0.4, -0.2) is 26.5 Å². The summed E-state index contributed by atoms with van der Waals surface area (Å²) in [5, 5.41) is 12.5. The highest BCUT2D eigenvalue weighted by molar-refractivity contribution is 5.53. The lowest BCUT2D eigenvalue weighted by Gasteiger charge is -2.00. The third-order valence-electron chi connectivity index (χ3n) is 2.05. The van der Waals surface area contributed by atoms with Crippen molar-refractivity contribution in [2.45, 2.75) is 0 Å².